The summed E-state index contributed by atoms with van der Waals surface area (Å²) in [6.45, 7) is 4.76. The highest BCUT2D eigenvalue weighted by molar-refractivity contribution is 9.10. The van der Waals surface area contributed by atoms with Gasteiger partial charge in [-0.2, -0.15) is 0 Å². The van der Waals surface area contributed by atoms with Gasteiger partial charge >= 0.3 is 0 Å². The molecule has 0 aromatic carbocycles. The summed E-state index contributed by atoms with van der Waals surface area (Å²) in [6.07, 6.45) is 4.08. The van der Waals surface area contributed by atoms with Crippen LogP contribution in [-0.4, -0.2) is 46.1 Å². The molecule has 130 valence electrons. The summed E-state index contributed by atoms with van der Waals surface area (Å²) in [7, 11) is 0. The molecule has 1 aromatic rings. The second kappa shape index (κ2) is 6.44. The lowest BCUT2D eigenvalue weighted by atomic mass is 10.00. The Morgan fingerprint density at radius 2 is 2.08 bits per heavy atom. The molecule has 0 bridgehead atoms. The predicted molar refractivity (Wildman–Crippen MR) is 92.1 cm³/mol. The number of amides is 2. The van der Waals surface area contributed by atoms with E-state index in [4.69, 9.17) is 4.74 Å². The van der Waals surface area contributed by atoms with E-state index in [0.29, 0.717) is 38.8 Å². The van der Waals surface area contributed by atoms with Crippen molar-refractivity contribution in [3.63, 3.8) is 0 Å². The number of pyridine rings is 1. The van der Waals surface area contributed by atoms with Gasteiger partial charge in [0, 0.05) is 48.7 Å². The smallest absolute Gasteiger partial charge is 0.253 e. The number of piperidine rings is 1. The van der Waals surface area contributed by atoms with E-state index in [1.54, 1.807) is 20.0 Å². The first-order valence-corrected chi connectivity index (χ1v) is 9.00. The summed E-state index contributed by atoms with van der Waals surface area (Å²) in [5.41, 5.74) is -0.488. The van der Waals surface area contributed by atoms with E-state index in [1.807, 2.05) is 17.0 Å². The van der Waals surface area contributed by atoms with Crippen LogP contribution in [0.4, 0.5) is 0 Å². The Morgan fingerprint density at radius 3 is 2.62 bits per heavy atom. The molecule has 24 heavy (non-hydrogen) atoms. The van der Waals surface area contributed by atoms with Crippen LogP contribution in [0.2, 0.25) is 0 Å². The van der Waals surface area contributed by atoms with Crippen molar-refractivity contribution in [2.75, 3.05) is 13.1 Å². The van der Waals surface area contributed by atoms with Crippen LogP contribution in [0.25, 0.3) is 0 Å². The van der Waals surface area contributed by atoms with Gasteiger partial charge in [0.15, 0.2) is 0 Å². The molecular formula is C17H22BrN3O3. The lowest BCUT2D eigenvalue weighted by molar-refractivity contribution is -0.147. The maximum Gasteiger partial charge on any atom is 0.253 e. The maximum absolute atomic E-state index is 12.4. The third-order valence-corrected chi connectivity index (χ3v) is 5.12. The van der Waals surface area contributed by atoms with Gasteiger partial charge < -0.3 is 15.0 Å². The largest absolute Gasteiger partial charge is 0.342 e. The van der Waals surface area contributed by atoms with Crippen LogP contribution >= 0.6 is 15.9 Å². The zero-order valence-electron chi connectivity index (χ0n) is 14.0. The van der Waals surface area contributed by atoms with Crippen molar-refractivity contribution in [2.24, 2.45) is 0 Å². The molecule has 1 N–H and O–H groups in total. The van der Waals surface area contributed by atoms with Crippen LogP contribution in [0.3, 0.4) is 0 Å². The van der Waals surface area contributed by atoms with Crippen LogP contribution in [-0.2, 0) is 20.7 Å². The number of nitrogens with zero attached hydrogens (tertiary/aromatic N) is 2. The number of nitrogens with one attached hydrogen (secondary N) is 1. The number of aromatic nitrogens is 1. The quantitative estimate of drug-likeness (QED) is 0.849. The van der Waals surface area contributed by atoms with E-state index in [0.717, 1.165) is 10.2 Å². The fourth-order valence-electron chi connectivity index (χ4n) is 3.21. The first-order valence-electron chi connectivity index (χ1n) is 8.21. The molecule has 0 saturated carbocycles. The van der Waals surface area contributed by atoms with Gasteiger partial charge in [-0.3, -0.25) is 14.6 Å². The summed E-state index contributed by atoms with van der Waals surface area (Å²) in [5, 5.41) is 2.97. The van der Waals surface area contributed by atoms with E-state index in [2.05, 4.69) is 26.2 Å². The normalized spacial score (nSPS) is 21.8. The van der Waals surface area contributed by atoms with Gasteiger partial charge in [-0.05, 0) is 48.3 Å². The Kier molecular flexibility index (Phi) is 4.66. The highest BCUT2D eigenvalue weighted by Gasteiger charge is 2.51. The Balaban J connectivity index is 1.50. The van der Waals surface area contributed by atoms with E-state index >= 15 is 0 Å². The van der Waals surface area contributed by atoms with Crippen molar-refractivity contribution in [3.05, 3.63) is 28.5 Å². The van der Waals surface area contributed by atoms with E-state index in [9.17, 15) is 9.59 Å². The van der Waals surface area contributed by atoms with Crippen molar-refractivity contribution < 1.29 is 14.3 Å². The van der Waals surface area contributed by atoms with Crippen LogP contribution in [0.1, 0.15) is 38.8 Å². The lowest BCUT2D eigenvalue weighted by Crippen LogP contribution is -2.53. The maximum atomic E-state index is 12.4. The van der Waals surface area contributed by atoms with E-state index < -0.39 is 11.3 Å². The number of likely N-dealkylation sites (tertiary alicyclic amines) is 1. The van der Waals surface area contributed by atoms with Gasteiger partial charge in [0.2, 0.25) is 5.91 Å². The number of aryl methyl sites for hydroxylation is 1. The molecule has 3 heterocycles. The molecule has 2 aliphatic rings. The van der Waals surface area contributed by atoms with Gasteiger partial charge in [-0.15, -0.1) is 0 Å². The summed E-state index contributed by atoms with van der Waals surface area (Å²) < 4.78 is 6.88. The van der Waals surface area contributed by atoms with Crippen LogP contribution in [0, 0.1) is 0 Å². The van der Waals surface area contributed by atoms with E-state index in [-0.39, 0.29) is 11.8 Å². The number of carbonyl (C=O) groups is 2. The summed E-state index contributed by atoms with van der Waals surface area (Å²) in [6, 6.07) is 3.85. The Morgan fingerprint density at radius 1 is 1.38 bits per heavy atom. The van der Waals surface area contributed by atoms with Crippen molar-refractivity contribution in [1.82, 2.24) is 15.2 Å². The van der Waals surface area contributed by atoms with Crippen LogP contribution in [0.15, 0.2) is 22.8 Å². The molecule has 1 aromatic heterocycles. The van der Waals surface area contributed by atoms with E-state index in [1.165, 1.54) is 0 Å². The van der Waals surface area contributed by atoms with Gasteiger partial charge in [0.05, 0.1) is 0 Å². The molecule has 2 aliphatic heterocycles. The molecule has 2 amide bonds. The second-order valence-electron chi connectivity index (χ2n) is 6.91. The fraction of sp³-hybridized carbons (Fsp3) is 0.588. The number of halogens is 1. The second-order valence-corrected chi connectivity index (χ2v) is 7.83. The standard InChI is InChI=1S/C17H22BrN3O3/c1-16(2)15(23)20-17(24-16)7-9-21(10-8-17)14(22)6-5-13-4-3-12(18)11-19-13/h3-4,11H,5-10H2,1-2H3,(H,20,23). The van der Waals surface area contributed by atoms with Gasteiger partial charge in [-0.1, -0.05) is 0 Å². The monoisotopic (exact) mass is 395 g/mol. The minimum Gasteiger partial charge on any atom is -0.342 e. The van der Waals surface area contributed by atoms with Crippen LogP contribution in [0.5, 0.6) is 0 Å². The predicted octanol–water partition coefficient (Wildman–Crippen LogP) is 2.02. The molecule has 1 spiro atoms. The molecule has 3 rings (SSSR count). The van der Waals surface area contributed by atoms with Crippen molar-refractivity contribution in [1.29, 1.82) is 0 Å². The first kappa shape index (κ1) is 17.4. The minimum absolute atomic E-state index is 0.0800. The number of carbonyl (C=O) groups excluding carboxylic acids is 2. The molecule has 0 atom stereocenters. The Hall–Kier alpha value is -1.47. The first-order chi connectivity index (χ1) is 11.3. The fourth-order valence-corrected chi connectivity index (χ4v) is 3.44. The molecule has 2 saturated heterocycles. The van der Waals surface area contributed by atoms with Gasteiger partial charge in [-0.25, -0.2) is 0 Å². The van der Waals surface area contributed by atoms with Crippen molar-refractivity contribution in [2.45, 2.75) is 50.9 Å². The summed E-state index contributed by atoms with van der Waals surface area (Å²) in [4.78, 5) is 30.5. The average Bonchev–Trinajstić information content (AvgIpc) is 2.76. The molecule has 0 aliphatic carbocycles. The Labute approximate surface area is 150 Å². The topological polar surface area (TPSA) is 71.5 Å². The SMILES string of the molecule is CC1(C)OC2(CCN(C(=O)CCc3ccc(Br)cn3)CC2)NC1=O. The van der Waals surface area contributed by atoms with Crippen molar-refractivity contribution in [3.8, 4) is 0 Å². The summed E-state index contributed by atoms with van der Waals surface area (Å²) in [5.74, 6) is 0.0433. The molecular weight excluding hydrogens is 374 g/mol. The highest BCUT2D eigenvalue weighted by Crippen LogP contribution is 2.34. The number of ether oxygens (including phenoxy) is 1. The average molecular weight is 396 g/mol. The minimum atomic E-state index is -0.792. The molecule has 2 fully saturated rings. The van der Waals surface area contributed by atoms with Crippen LogP contribution < -0.4 is 5.32 Å². The van der Waals surface area contributed by atoms with Crippen molar-refractivity contribution >= 4 is 27.7 Å². The number of hydrogen-bond acceptors (Lipinski definition) is 4. The number of hydrogen-bond donors (Lipinski definition) is 1. The highest BCUT2D eigenvalue weighted by atomic mass is 79.9. The molecule has 6 nitrogen and oxygen atoms in total. The zero-order chi connectivity index (χ0) is 17.4. The van der Waals surface area contributed by atoms with Gasteiger partial charge in [0.1, 0.15) is 11.3 Å². The third-order valence-electron chi connectivity index (χ3n) is 4.65. The Bertz CT molecular complexity index is 637. The van der Waals surface area contributed by atoms with Gasteiger partial charge in [0.25, 0.3) is 5.91 Å². The number of rotatable bonds is 3. The lowest BCUT2D eigenvalue weighted by Gasteiger charge is -2.39. The third kappa shape index (κ3) is 3.62. The molecule has 0 unspecified atom stereocenters. The molecule has 7 heteroatoms. The molecule has 0 radical (unpaired) electrons. The summed E-state index contributed by atoms with van der Waals surface area (Å²) >= 11 is 3.35. The zero-order valence-corrected chi connectivity index (χ0v) is 15.6.